The van der Waals surface area contributed by atoms with Crippen molar-refractivity contribution in [1.82, 2.24) is 9.80 Å². The number of carbonyl (C=O) groups excluding carboxylic acids is 4. The number of hydrogen-bond acceptors (Lipinski definition) is 16. The molecule has 18 heteroatoms. The van der Waals surface area contributed by atoms with E-state index in [-0.39, 0.29) is 59.2 Å². The van der Waals surface area contributed by atoms with Gasteiger partial charge in [-0.15, -0.1) is 23.5 Å². The van der Waals surface area contributed by atoms with E-state index in [0.717, 1.165) is 21.6 Å². The molecule has 0 radical (unpaired) electrons. The van der Waals surface area contributed by atoms with Gasteiger partial charge < -0.3 is 29.2 Å². The van der Waals surface area contributed by atoms with E-state index in [1.165, 1.54) is 37.7 Å². The first-order valence-electron chi connectivity index (χ1n) is 17.7. The molecule has 0 spiro atoms. The Morgan fingerprint density at radius 3 is 1.30 bits per heavy atom. The molecule has 2 saturated heterocycles. The molecule has 2 aromatic carbocycles. The van der Waals surface area contributed by atoms with E-state index >= 15 is 0 Å². The summed E-state index contributed by atoms with van der Waals surface area (Å²) in [6.45, 7) is 10.6. The van der Waals surface area contributed by atoms with E-state index in [9.17, 15) is 39.0 Å². The summed E-state index contributed by atoms with van der Waals surface area (Å²) in [7, 11) is 4.43. The molecule has 4 unspecified atom stereocenters. The highest BCUT2D eigenvalue weighted by Crippen LogP contribution is 2.46. The molecule has 0 bridgehead atoms. The molecule has 0 aliphatic carbocycles. The van der Waals surface area contributed by atoms with Crippen LogP contribution in [-0.4, -0.2) is 105 Å². The minimum Gasteiger partial charge on any atom is -0.493 e. The standard InChI is InChI=1S/C38H48N2O12S4/c1-37(2,3)35(47)51-25-11-9-21(17-27(25)49-7)31-39(23(19-53-31)33(43)44)15-13-29(41)55-56-30(42)14-16-40-24(34(45)46)20-54-32(40)22-10-12-26(28(18-22)50-8)52-36(48)38(4,5)6/h9-12,17-18,23-24,31-32H,13-16,19-20H2,1-8H3,(H,43,44)(H,45,46). The van der Waals surface area contributed by atoms with E-state index in [1.807, 2.05) is 0 Å². The monoisotopic (exact) mass is 852 g/mol. The maximum absolute atomic E-state index is 13.0. The quantitative estimate of drug-likeness (QED) is 0.119. The summed E-state index contributed by atoms with van der Waals surface area (Å²) in [6, 6.07) is 8.36. The Morgan fingerprint density at radius 1 is 0.643 bits per heavy atom. The van der Waals surface area contributed by atoms with Gasteiger partial charge in [0.05, 0.1) is 35.8 Å². The van der Waals surface area contributed by atoms with Crippen molar-refractivity contribution in [3.63, 3.8) is 0 Å². The van der Waals surface area contributed by atoms with Crippen molar-refractivity contribution in [2.24, 2.45) is 10.8 Å². The molecule has 0 amide bonds. The lowest BCUT2D eigenvalue weighted by Gasteiger charge is -2.27. The normalized spacial score (nSPS) is 20.4. The second-order valence-electron chi connectivity index (χ2n) is 15.1. The number of thioether (sulfide) groups is 2. The molecular formula is C38H48N2O12S4. The fourth-order valence-electron chi connectivity index (χ4n) is 5.59. The summed E-state index contributed by atoms with van der Waals surface area (Å²) >= 11 is 2.81. The smallest absolute Gasteiger partial charge is 0.321 e. The van der Waals surface area contributed by atoms with Crippen molar-refractivity contribution in [1.29, 1.82) is 0 Å². The van der Waals surface area contributed by atoms with Crippen molar-refractivity contribution in [3.05, 3.63) is 47.5 Å². The average molecular weight is 853 g/mol. The minimum absolute atomic E-state index is 0.0287. The predicted octanol–water partition coefficient (Wildman–Crippen LogP) is 6.52. The molecule has 2 aliphatic heterocycles. The Balaban J connectivity index is 1.36. The number of hydrogen-bond donors (Lipinski definition) is 2. The molecule has 4 atom stereocenters. The zero-order valence-corrected chi connectivity index (χ0v) is 35.8. The molecule has 0 aromatic heterocycles. The SMILES string of the molecule is COc1cc(C2SCC(C(=O)O)N2CCC(=O)SSC(=O)CCN2C(C(=O)O)CSC2c2ccc(OC(=O)C(C)(C)C)c(OC)c2)ccc1OC(=O)C(C)(C)C. The van der Waals surface area contributed by atoms with Gasteiger partial charge in [-0.25, -0.2) is 0 Å². The molecule has 2 aromatic rings. The number of carboxylic acids is 2. The third-order valence-corrected chi connectivity index (χ3v) is 13.7. The number of carbonyl (C=O) groups is 6. The molecule has 2 aliphatic rings. The zero-order chi connectivity index (χ0) is 41.5. The van der Waals surface area contributed by atoms with Crippen molar-refractivity contribution in [2.75, 3.05) is 38.8 Å². The first kappa shape index (κ1) is 45.3. The largest absolute Gasteiger partial charge is 0.493 e. The average Bonchev–Trinajstić information content (AvgIpc) is 3.76. The Hall–Kier alpha value is -3.42. The Kier molecular flexibility index (Phi) is 15.6. The molecule has 306 valence electrons. The highest BCUT2D eigenvalue weighted by atomic mass is 33.1. The van der Waals surface area contributed by atoms with Crippen molar-refractivity contribution in [2.45, 2.75) is 77.2 Å². The van der Waals surface area contributed by atoms with Crippen molar-refractivity contribution >= 4 is 79.2 Å². The number of esters is 2. The molecule has 14 nitrogen and oxygen atoms in total. The maximum Gasteiger partial charge on any atom is 0.321 e. The highest BCUT2D eigenvalue weighted by Gasteiger charge is 2.41. The third-order valence-electron chi connectivity index (χ3n) is 8.75. The first-order valence-corrected chi connectivity index (χ1v) is 21.9. The van der Waals surface area contributed by atoms with Crippen LogP contribution in [0.3, 0.4) is 0 Å². The number of benzene rings is 2. The second kappa shape index (κ2) is 19.4. The fraction of sp³-hybridized carbons (Fsp3) is 0.526. The topological polar surface area (TPSA) is 186 Å². The molecule has 0 saturated carbocycles. The van der Waals surface area contributed by atoms with E-state index in [0.29, 0.717) is 22.6 Å². The van der Waals surface area contributed by atoms with E-state index in [4.69, 9.17) is 18.9 Å². The van der Waals surface area contributed by atoms with Gasteiger partial charge in [0.25, 0.3) is 0 Å². The van der Waals surface area contributed by atoms with Gasteiger partial charge in [-0.1, -0.05) is 12.1 Å². The number of methoxy groups -OCH3 is 2. The van der Waals surface area contributed by atoms with Gasteiger partial charge in [-0.2, -0.15) is 0 Å². The van der Waals surface area contributed by atoms with Gasteiger partial charge in [0.15, 0.2) is 23.0 Å². The van der Waals surface area contributed by atoms with Crippen LogP contribution in [0.1, 0.15) is 76.3 Å². The van der Waals surface area contributed by atoms with Crippen LogP contribution in [0.15, 0.2) is 36.4 Å². The number of aliphatic carboxylic acids is 2. The van der Waals surface area contributed by atoms with Crippen LogP contribution in [0.5, 0.6) is 23.0 Å². The number of carboxylic acid groups (broad SMARTS) is 2. The van der Waals surface area contributed by atoms with Crippen LogP contribution in [0, 0.1) is 10.8 Å². The summed E-state index contributed by atoms with van der Waals surface area (Å²) in [4.78, 5) is 78.8. The summed E-state index contributed by atoms with van der Waals surface area (Å²) in [5.41, 5.74) is -0.0436. The van der Waals surface area contributed by atoms with E-state index in [1.54, 1.807) is 87.7 Å². The molecule has 2 fully saturated rings. The fourth-order valence-corrected chi connectivity index (χ4v) is 10.1. The second-order valence-corrected chi connectivity index (χ2v) is 19.5. The van der Waals surface area contributed by atoms with Gasteiger partial charge in [0, 0.05) is 37.4 Å². The van der Waals surface area contributed by atoms with Crippen LogP contribution in [0.25, 0.3) is 0 Å². The first-order chi connectivity index (χ1) is 26.2. The van der Waals surface area contributed by atoms with Crippen molar-refractivity contribution < 1.29 is 57.9 Å². The molecule has 2 N–H and O–H groups in total. The van der Waals surface area contributed by atoms with Gasteiger partial charge in [0.1, 0.15) is 12.1 Å². The van der Waals surface area contributed by atoms with Gasteiger partial charge in [-0.3, -0.25) is 38.6 Å². The molecule has 56 heavy (non-hydrogen) atoms. The summed E-state index contributed by atoms with van der Waals surface area (Å²) < 4.78 is 22.1. The lowest BCUT2D eigenvalue weighted by molar-refractivity contribution is -0.143. The minimum atomic E-state index is -1.02. The van der Waals surface area contributed by atoms with Crippen LogP contribution < -0.4 is 18.9 Å². The summed E-state index contributed by atoms with van der Waals surface area (Å²) in [5, 5.41) is 18.4. The van der Waals surface area contributed by atoms with Crippen LogP contribution in [-0.2, 0) is 28.8 Å². The van der Waals surface area contributed by atoms with Crippen molar-refractivity contribution in [3.8, 4) is 23.0 Å². The molecule has 4 rings (SSSR count). The third kappa shape index (κ3) is 11.6. The number of ether oxygens (including phenoxy) is 4. The summed E-state index contributed by atoms with van der Waals surface area (Å²) in [5.74, 6) is -1.26. The van der Waals surface area contributed by atoms with Gasteiger partial charge >= 0.3 is 23.9 Å². The lowest BCUT2D eigenvalue weighted by Crippen LogP contribution is -2.40. The lowest BCUT2D eigenvalue weighted by atomic mass is 9.97. The Labute approximate surface area is 342 Å². The number of rotatable bonds is 14. The molecule has 2 heterocycles. The highest BCUT2D eigenvalue weighted by molar-refractivity contribution is 8.87. The number of nitrogens with zero attached hydrogens (tertiary/aromatic N) is 2. The Bertz CT molecular complexity index is 1680. The van der Waals surface area contributed by atoms with Crippen LogP contribution >= 0.6 is 45.1 Å². The van der Waals surface area contributed by atoms with Crippen LogP contribution in [0.4, 0.5) is 0 Å². The van der Waals surface area contributed by atoms with E-state index in [2.05, 4.69) is 0 Å². The zero-order valence-electron chi connectivity index (χ0n) is 32.5. The molecular weight excluding hydrogens is 805 g/mol. The predicted molar refractivity (Wildman–Crippen MR) is 217 cm³/mol. The Morgan fingerprint density at radius 2 is 1.00 bits per heavy atom. The maximum atomic E-state index is 13.0. The van der Waals surface area contributed by atoms with Gasteiger partial charge in [-0.05, 0) is 98.5 Å². The van der Waals surface area contributed by atoms with Crippen LogP contribution in [0.2, 0.25) is 0 Å². The van der Waals surface area contributed by atoms with E-state index < -0.39 is 57.5 Å². The summed E-state index contributed by atoms with van der Waals surface area (Å²) in [6.07, 6.45) is -0.0575. The van der Waals surface area contributed by atoms with Gasteiger partial charge in [0.2, 0.25) is 10.2 Å².